The third-order valence-corrected chi connectivity index (χ3v) is 6.31. The standard InChI is InChI=1S/C26H26N4O4/c1-17(20-10-6-3-7-11-20)29-25(34)30-23(31)21(14-19-12-13-28-22(27)15-19)26(30,24(32)33)16-18-8-4-2-5-9-18/h2-13,15,17,21H,14,16H2,1H3,(H2,27,28)(H,29,34)(H,32,33)/t17-,21+,26+/m1/s1. The highest BCUT2D eigenvalue weighted by atomic mass is 16.4. The molecule has 174 valence electrons. The van der Waals surface area contributed by atoms with Crippen LogP contribution in [0.1, 0.15) is 29.7 Å². The summed E-state index contributed by atoms with van der Waals surface area (Å²) in [4.78, 5) is 44.2. The molecule has 1 aliphatic heterocycles. The predicted octanol–water partition coefficient (Wildman–Crippen LogP) is 3.20. The van der Waals surface area contributed by atoms with Gasteiger partial charge >= 0.3 is 12.0 Å². The van der Waals surface area contributed by atoms with E-state index in [9.17, 15) is 19.5 Å². The number of aromatic nitrogens is 1. The summed E-state index contributed by atoms with van der Waals surface area (Å²) in [7, 11) is 0. The van der Waals surface area contributed by atoms with Crippen LogP contribution in [0.3, 0.4) is 0 Å². The lowest BCUT2D eigenvalue weighted by atomic mass is 9.67. The highest BCUT2D eigenvalue weighted by molar-refractivity contribution is 6.10. The van der Waals surface area contributed by atoms with Crippen molar-refractivity contribution in [2.75, 3.05) is 5.73 Å². The van der Waals surface area contributed by atoms with Crippen LogP contribution in [-0.4, -0.2) is 38.4 Å². The minimum atomic E-state index is -1.74. The summed E-state index contributed by atoms with van der Waals surface area (Å²) in [5.41, 5.74) is 6.28. The van der Waals surface area contributed by atoms with Crippen molar-refractivity contribution < 1.29 is 19.5 Å². The van der Waals surface area contributed by atoms with Crippen molar-refractivity contribution in [3.63, 3.8) is 0 Å². The predicted molar refractivity (Wildman–Crippen MR) is 127 cm³/mol. The summed E-state index contributed by atoms with van der Waals surface area (Å²) in [5.74, 6) is -2.43. The van der Waals surface area contributed by atoms with Crippen molar-refractivity contribution in [3.05, 3.63) is 95.7 Å². The van der Waals surface area contributed by atoms with Crippen LogP contribution in [-0.2, 0) is 22.4 Å². The van der Waals surface area contributed by atoms with Gasteiger partial charge in [0.2, 0.25) is 5.91 Å². The van der Waals surface area contributed by atoms with E-state index in [0.717, 1.165) is 10.5 Å². The minimum Gasteiger partial charge on any atom is -0.479 e. The van der Waals surface area contributed by atoms with Crippen molar-refractivity contribution >= 4 is 23.7 Å². The van der Waals surface area contributed by atoms with Gasteiger partial charge in [0.25, 0.3) is 0 Å². The molecular weight excluding hydrogens is 432 g/mol. The topological polar surface area (TPSA) is 126 Å². The monoisotopic (exact) mass is 458 g/mol. The molecule has 3 aromatic rings. The molecule has 0 aliphatic carbocycles. The number of carboxylic acid groups (broad SMARTS) is 1. The summed E-state index contributed by atoms with van der Waals surface area (Å²) in [6.45, 7) is 1.79. The number of nitrogen functional groups attached to an aromatic ring is 1. The van der Waals surface area contributed by atoms with Crippen LogP contribution in [0.2, 0.25) is 0 Å². The molecule has 1 fully saturated rings. The van der Waals surface area contributed by atoms with Gasteiger partial charge in [0.15, 0.2) is 5.54 Å². The first-order valence-corrected chi connectivity index (χ1v) is 11.0. The lowest BCUT2D eigenvalue weighted by Crippen LogP contribution is -2.78. The summed E-state index contributed by atoms with van der Waals surface area (Å²) >= 11 is 0. The second kappa shape index (κ2) is 9.35. The Labute approximate surface area is 197 Å². The van der Waals surface area contributed by atoms with Crippen LogP contribution >= 0.6 is 0 Å². The Kier molecular flexibility index (Phi) is 6.32. The normalized spacial score (nSPS) is 20.3. The molecule has 2 aromatic carbocycles. The van der Waals surface area contributed by atoms with Gasteiger partial charge in [0, 0.05) is 12.6 Å². The average molecular weight is 459 g/mol. The quantitative estimate of drug-likeness (QED) is 0.467. The molecule has 2 heterocycles. The highest BCUT2D eigenvalue weighted by Gasteiger charge is 2.67. The Morgan fingerprint density at radius 3 is 2.35 bits per heavy atom. The summed E-state index contributed by atoms with van der Waals surface area (Å²) in [6.07, 6.45) is 1.63. The first-order valence-electron chi connectivity index (χ1n) is 11.0. The molecular formula is C26H26N4O4. The summed E-state index contributed by atoms with van der Waals surface area (Å²) in [6, 6.07) is 20.4. The Balaban J connectivity index is 1.68. The number of amides is 3. The molecule has 3 atom stereocenters. The maximum Gasteiger partial charge on any atom is 0.331 e. The van der Waals surface area contributed by atoms with Crippen molar-refractivity contribution in [1.29, 1.82) is 0 Å². The molecule has 8 nitrogen and oxygen atoms in total. The lowest BCUT2D eigenvalue weighted by molar-refractivity contribution is -0.181. The molecule has 0 radical (unpaired) electrons. The number of carboxylic acids is 1. The van der Waals surface area contributed by atoms with Crippen LogP contribution in [0.15, 0.2) is 79.0 Å². The number of imide groups is 1. The third kappa shape index (κ3) is 4.22. The fraction of sp³-hybridized carbons (Fsp3) is 0.231. The number of carbonyl (C=O) groups excluding carboxylic acids is 2. The van der Waals surface area contributed by atoms with E-state index in [0.29, 0.717) is 11.1 Å². The number of carbonyl (C=O) groups is 3. The number of rotatable bonds is 7. The Morgan fingerprint density at radius 2 is 1.74 bits per heavy atom. The largest absolute Gasteiger partial charge is 0.479 e. The molecule has 4 N–H and O–H groups in total. The molecule has 0 unspecified atom stereocenters. The maximum absolute atomic E-state index is 13.3. The van der Waals surface area contributed by atoms with E-state index < -0.39 is 35.4 Å². The zero-order valence-electron chi connectivity index (χ0n) is 18.7. The van der Waals surface area contributed by atoms with Crippen molar-refractivity contribution in [2.45, 2.75) is 31.3 Å². The molecule has 1 saturated heterocycles. The number of hydrogen-bond donors (Lipinski definition) is 3. The van der Waals surface area contributed by atoms with E-state index in [2.05, 4.69) is 10.3 Å². The summed E-state index contributed by atoms with van der Waals surface area (Å²) < 4.78 is 0. The Bertz CT molecular complexity index is 1200. The maximum atomic E-state index is 13.3. The van der Waals surface area contributed by atoms with E-state index >= 15 is 0 Å². The number of likely N-dealkylation sites (tertiary alicyclic amines) is 1. The van der Waals surface area contributed by atoms with Crippen molar-refractivity contribution in [3.8, 4) is 0 Å². The number of benzene rings is 2. The first kappa shape index (κ1) is 23.0. The molecule has 1 aliphatic rings. The lowest BCUT2D eigenvalue weighted by Gasteiger charge is -2.53. The van der Waals surface area contributed by atoms with E-state index in [-0.39, 0.29) is 18.7 Å². The SMILES string of the molecule is C[C@@H](NC(=O)N1C(=O)[C@H](Cc2ccnc(N)c2)[C@@]1(Cc1ccccc1)C(=O)O)c1ccccc1. The zero-order valence-corrected chi connectivity index (χ0v) is 18.7. The minimum absolute atomic E-state index is 0.00666. The van der Waals surface area contributed by atoms with Crippen LogP contribution < -0.4 is 11.1 Å². The number of β-lactam (4-membered cyclic amide) rings is 1. The van der Waals surface area contributed by atoms with E-state index in [1.165, 1.54) is 6.20 Å². The molecule has 1 aromatic heterocycles. The number of aliphatic carboxylic acids is 1. The molecule has 0 bridgehead atoms. The number of urea groups is 1. The number of nitrogens with zero attached hydrogens (tertiary/aromatic N) is 2. The first-order chi connectivity index (χ1) is 16.3. The molecule has 0 spiro atoms. The van der Waals surface area contributed by atoms with E-state index in [4.69, 9.17) is 5.73 Å². The van der Waals surface area contributed by atoms with Crippen molar-refractivity contribution in [2.24, 2.45) is 5.92 Å². The van der Waals surface area contributed by atoms with Gasteiger partial charge in [-0.05, 0) is 42.2 Å². The smallest absolute Gasteiger partial charge is 0.331 e. The average Bonchev–Trinajstić information content (AvgIpc) is 2.83. The zero-order chi connectivity index (χ0) is 24.3. The van der Waals surface area contributed by atoms with Crippen LogP contribution in [0, 0.1) is 5.92 Å². The fourth-order valence-electron chi connectivity index (χ4n) is 4.55. The van der Waals surface area contributed by atoms with Gasteiger partial charge in [0.1, 0.15) is 5.82 Å². The van der Waals surface area contributed by atoms with Crippen LogP contribution in [0.4, 0.5) is 10.6 Å². The molecule has 3 amide bonds. The van der Waals surface area contributed by atoms with Gasteiger partial charge in [-0.3, -0.25) is 4.79 Å². The van der Waals surface area contributed by atoms with Crippen LogP contribution in [0.5, 0.6) is 0 Å². The Hall–Kier alpha value is -4.20. The second-order valence-electron chi connectivity index (χ2n) is 8.49. The molecule has 8 heteroatoms. The van der Waals surface area contributed by atoms with Crippen molar-refractivity contribution in [1.82, 2.24) is 15.2 Å². The number of nitrogens with two attached hydrogens (primary N) is 1. The molecule has 34 heavy (non-hydrogen) atoms. The number of anilines is 1. The van der Waals surface area contributed by atoms with E-state index in [1.54, 1.807) is 43.3 Å². The van der Waals surface area contributed by atoms with Gasteiger partial charge in [-0.15, -0.1) is 0 Å². The van der Waals surface area contributed by atoms with Gasteiger partial charge < -0.3 is 16.2 Å². The van der Waals surface area contributed by atoms with Gasteiger partial charge in [-0.2, -0.15) is 0 Å². The highest BCUT2D eigenvalue weighted by Crippen LogP contribution is 2.43. The van der Waals surface area contributed by atoms with E-state index in [1.807, 2.05) is 36.4 Å². The number of pyridine rings is 1. The van der Waals surface area contributed by atoms with Gasteiger partial charge in [0.05, 0.1) is 12.0 Å². The van der Waals surface area contributed by atoms with Gasteiger partial charge in [-0.25, -0.2) is 19.5 Å². The third-order valence-electron chi connectivity index (χ3n) is 6.31. The molecule has 0 saturated carbocycles. The number of hydrogen-bond acceptors (Lipinski definition) is 5. The summed E-state index contributed by atoms with van der Waals surface area (Å²) in [5, 5.41) is 13.2. The second-order valence-corrected chi connectivity index (χ2v) is 8.49. The van der Waals surface area contributed by atoms with Crippen LogP contribution in [0.25, 0.3) is 0 Å². The molecule has 4 rings (SSSR count). The van der Waals surface area contributed by atoms with Gasteiger partial charge in [-0.1, -0.05) is 60.7 Å². The fourth-order valence-corrected chi connectivity index (χ4v) is 4.55. The number of nitrogens with one attached hydrogen (secondary N) is 1. The Morgan fingerprint density at radius 1 is 1.09 bits per heavy atom.